The van der Waals surface area contributed by atoms with Gasteiger partial charge in [0.1, 0.15) is 4.88 Å². The van der Waals surface area contributed by atoms with Gasteiger partial charge in [-0.15, -0.1) is 11.3 Å². The summed E-state index contributed by atoms with van der Waals surface area (Å²) in [7, 11) is 0. The fourth-order valence-electron chi connectivity index (χ4n) is 1.66. The number of aryl methyl sites for hydroxylation is 2. The molecule has 0 atom stereocenters. The van der Waals surface area contributed by atoms with Crippen LogP contribution in [-0.2, 0) is 6.54 Å². The van der Waals surface area contributed by atoms with Gasteiger partial charge in [-0.1, -0.05) is 0 Å². The van der Waals surface area contributed by atoms with Gasteiger partial charge in [0.05, 0.1) is 17.0 Å². The fourth-order valence-corrected chi connectivity index (χ4v) is 2.49. The van der Waals surface area contributed by atoms with E-state index in [0.717, 1.165) is 10.7 Å². The quantitative estimate of drug-likeness (QED) is 0.895. The second-order valence-electron chi connectivity index (χ2n) is 4.02. The summed E-state index contributed by atoms with van der Waals surface area (Å²) in [5.41, 5.74) is 0.604. The topological polar surface area (TPSA) is 76.9 Å². The van der Waals surface area contributed by atoms with Crippen LogP contribution in [0.1, 0.15) is 20.4 Å². The van der Waals surface area contributed by atoms with Gasteiger partial charge >= 0.3 is 0 Å². The molecule has 0 aliphatic carbocycles. The van der Waals surface area contributed by atoms with Gasteiger partial charge in [0.15, 0.2) is 0 Å². The Kier molecular flexibility index (Phi) is 4.06. The van der Waals surface area contributed by atoms with Crippen molar-refractivity contribution in [1.82, 2.24) is 19.9 Å². The molecule has 7 heteroatoms. The number of amides is 1. The molecule has 0 aromatic carbocycles. The number of carbonyl (C=O) groups excluding carboxylic acids is 1. The molecule has 2 rings (SSSR count). The van der Waals surface area contributed by atoms with Crippen molar-refractivity contribution in [2.24, 2.45) is 0 Å². The van der Waals surface area contributed by atoms with E-state index in [2.05, 4.69) is 15.3 Å². The number of nitrogens with one attached hydrogen (secondary N) is 1. The third-order valence-corrected chi connectivity index (χ3v) is 3.61. The van der Waals surface area contributed by atoms with E-state index in [4.69, 9.17) is 0 Å². The average molecular weight is 278 g/mol. The third-order valence-electron chi connectivity index (χ3n) is 2.54. The summed E-state index contributed by atoms with van der Waals surface area (Å²) in [5.74, 6) is -0.153. The Hall–Kier alpha value is -2.02. The first-order chi connectivity index (χ1) is 9.08. The van der Waals surface area contributed by atoms with Gasteiger partial charge < -0.3 is 5.32 Å². The molecule has 0 aliphatic heterocycles. The average Bonchev–Trinajstić information content (AvgIpc) is 2.71. The Bertz CT molecular complexity index is 647. The Morgan fingerprint density at radius 3 is 2.89 bits per heavy atom. The maximum atomic E-state index is 11.9. The summed E-state index contributed by atoms with van der Waals surface area (Å²) < 4.78 is 1.45. The van der Waals surface area contributed by atoms with Crippen LogP contribution < -0.4 is 10.9 Å². The molecule has 1 N–H and O–H groups in total. The highest BCUT2D eigenvalue weighted by atomic mass is 32.1. The predicted octanol–water partition coefficient (Wildman–Crippen LogP) is 0.747. The minimum absolute atomic E-state index is 0.130. The lowest BCUT2D eigenvalue weighted by Gasteiger charge is -2.05. The smallest absolute Gasteiger partial charge is 0.263 e. The van der Waals surface area contributed by atoms with Crippen LogP contribution in [-0.4, -0.2) is 27.0 Å². The highest BCUT2D eigenvalue weighted by Gasteiger charge is 2.12. The second-order valence-corrected chi connectivity index (χ2v) is 5.22. The van der Waals surface area contributed by atoms with Crippen molar-refractivity contribution in [3.05, 3.63) is 44.5 Å². The van der Waals surface area contributed by atoms with Crippen LogP contribution >= 0.6 is 11.3 Å². The Balaban J connectivity index is 1.93. The van der Waals surface area contributed by atoms with Crippen molar-refractivity contribution in [1.29, 1.82) is 0 Å². The zero-order chi connectivity index (χ0) is 13.8. The van der Waals surface area contributed by atoms with E-state index in [9.17, 15) is 9.59 Å². The van der Waals surface area contributed by atoms with Crippen LogP contribution in [0.2, 0.25) is 0 Å². The van der Waals surface area contributed by atoms with Gasteiger partial charge in [0.2, 0.25) is 0 Å². The van der Waals surface area contributed by atoms with E-state index >= 15 is 0 Å². The van der Waals surface area contributed by atoms with Gasteiger partial charge in [-0.3, -0.25) is 14.2 Å². The molecule has 19 heavy (non-hydrogen) atoms. The summed E-state index contributed by atoms with van der Waals surface area (Å²) in [6.45, 7) is 4.45. The SMILES string of the molecule is Cc1nc(C)c(C(=O)NCCn2cnccc2=O)s1. The largest absolute Gasteiger partial charge is 0.349 e. The summed E-state index contributed by atoms with van der Waals surface area (Å²) in [5, 5.41) is 3.64. The van der Waals surface area contributed by atoms with Gasteiger partial charge in [-0.25, -0.2) is 9.97 Å². The Morgan fingerprint density at radius 1 is 1.47 bits per heavy atom. The molecule has 0 spiro atoms. The van der Waals surface area contributed by atoms with Crippen LogP contribution in [0.4, 0.5) is 0 Å². The summed E-state index contributed by atoms with van der Waals surface area (Å²) >= 11 is 1.37. The lowest BCUT2D eigenvalue weighted by atomic mass is 10.3. The molecule has 2 aromatic rings. The third kappa shape index (κ3) is 3.25. The number of nitrogens with zero attached hydrogens (tertiary/aromatic N) is 3. The van der Waals surface area contributed by atoms with Gasteiger partial charge in [-0.2, -0.15) is 0 Å². The normalized spacial score (nSPS) is 10.4. The van der Waals surface area contributed by atoms with E-state index in [0.29, 0.717) is 18.0 Å². The molecule has 0 saturated heterocycles. The number of hydrogen-bond acceptors (Lipinski definition) is 5. The summed E-state index contributed by atoms with van der Waals surface area (Å²) in [4.78, 5) is 32.0. The fraction of sp³-hybridized carbons (Fsp3) is 0.333. The molecule has 0 saturated carbocycles. The molecule has 100 valence electrons. The van der Waals surface area contributed by atoms with E-state index in [-0.39, 0.29) is 11.5 Å². The molecule has 2 heterocycles. The highest BCUT2D eigenvalue weighted by Crippen LogP contribution is 2.16. The molecule has 0 radical (unpaired) electrons. The first kappa shape index (κ1) is 13.4. The van der Waals surface area contributed by atoms with E-state index in [1.54, 1.807) is 0 Å². The van der Waals surface area contributed by atoms with Gasteiger partial charge in [0.25, 0.3) is 11.5 Å². The van der Waals surface area contributed by atoms with Crippen LogP contribution in [0.5, 0.6) is 0 Å². The molecule has 0 bridgehead atoms. The van der Waals surface area contributed by atoms with Crippen LogP contribution in [0.15, 0.2) is 23.4 Å². The van der Waals surface area contributed by atoms with Crippen molar-refractivity contribution in [3.63, 3.8) is 0 Å². The second kappa shape index (κ2) is 5.75. The maximum absolute atomic E-state index is 11.9. The first-order valence-electron chi connectivity index (χ1n) is 5.80. The first-order valence-corrected chi connectivity index (χ1v) is 6.62. The molecular weight excluding hydrogens is 264 g/mol. The molecule has 0 aliphatic rings. The monoisotopic (exact) mass is 278 g/mol. The molecule has 0 fully saturated rings. The highest BCUT2D eigenvalue weighted by molar-refractivity contribution is 7.13. The maximum Gasteiger partial charge on any atom is 0.263 e. The van der Waals surface area contributed by atoms with Gasteiger partial charge in [0, 0.05) is 25.4 Å². The van der Waals surface area contributed by atoms with E-state index < -0.39 is 0 Å². The van der Waals surface area contributed by atoms with Gasteiger partial charge in [-0.05, 0) is 13.8 Å². The number of aromatic nitrogens is 3. The van der Waals surface area contributed by atoms with Crippen molar-refractivity contribution in [2.45, 2.75) is 20.4 Å². The molecule has 6 nitrogen and oxygen atoms in total. The van der Waals surface area contributed by atoms with E-state index in [1.165, 1.54) is 34.5 Å². The molecule has 2 aromatic heterocycles. The van der Waals surface area contributed by atoms with Crippen molar-refractivity contribution in [2.75, 3.05) is 6.54 Å². The number of thiazole rings is 1. The molecular formula is C12H14N4O2S. The zero-order valence-corrected chi connectivity index (χ0v) is 11.5. The lowest BCUT2D eigenvalue weighted by molar-refractivity contribution is 0.0955. The summed E-state index contributed by atoms with van der Waals surface area (Å²) in [6, 6.07) is 1.39. The lowest BCUT2D eigenvalue weighted by Crippen LogP contribution is -2.30. The zero-order valence-electron chi connectivity index (χ0n) is 10.7. The van der Waals surface area contributed by atoms with Crippen LogP contribution in [0, 0.1) is 13.8 Å². The Morgan fingerprint density at radius 2 is 2.26 bits per heavy atom. The van der Waals surface area contributed by atoms with E-state index in [1.807, 2.05) is 13.8 Å². The molecule has 1 amide bonds. The van der Waals surface area contributed by atoms with Crippen molar-refractivity contribution < 1.29 is 4.79 Å². The van der Waals surface area contributed by atoms with Crippen molar-refractivity contribution in [3.8, 4) is 0 Å². The van der Waals surface area contributed by atoms with Crippen LogP contribution in [0.25, 0.3) is 0 Å². The van der Waals surface area contributed by atoms with Crippen molar-refractivity contribution >= 4 is 17.2 Å². The molecule has 0 unspecified atom stereocenters. The summed E-state index contributed by atoms with van der Waals surface area (Å²) in [6.07, 6.45) is 2.90. The predicted molar refractivity (Wildman–Crippen MR) is 72.4 cm³/mol. The minimum atomic E-state index is -0.153. The Labute approximate surface area is 114 Å². The standard InChI is InChI=1S/C12H14N4O2S/c1-8-11(19-9(2)15-8)12(18)14-5-6-16-7-13-4-3-10(16)17/h3-4,7H,5-6H2,1-2H3,(H,14,18). The number of carbonyl (C=O) groups is 1. The minimum Gasteiger partial charge on any atom is -0.349 e. The number of rotatable bonds is 4. The van der Waals surface area contributed by atoms with Crippen LogP contribution in [0.3, 0.4) is 0 Å². The number of hydrogen-bond donors (Lipinski definition) is 1.